The topological polar surface area (TPSA) is 61.4 Å². The van der Waals surface area contributed by atoms with E-state index in [4.69, 9.17) is 0 Å². The fourth-order valence-corrected chi connectivity index (χ4v) is 2.63. The summed E-state index contributed by atoms with van der Waals surface area (Å²) in [5.74, 6) is -2.12. The minimum absolute atomic E-state index is 0.112. The van der Waals surface area contributed by atoms with Crippen LogP contribution in [0.4, 0.5) is 18.9 Å². The summed E-state index contributed by atoms with van der Waals surface area (Å²) in [6.45, 7) is 1.33. The Morgan fingerprint density at radius 1 is 1.38 bits per heavy atom. The molecule has 1 aliphatic rings. The van der Waals surface area contributed by atoms with Gasteiger partial charge in [-0.25, -0.2) is 0 Å². The molecule has 132 valence electrons. The standard InChI is InChI=1S/C16H20F3N3O2/c1-22(15(24)16(17,18)19)10-11-4-2-6-13(8-11)21-14(23)12-5-3-7-20-9-12/h2,4,6,8,12,20H,3,5,7,9-10H2,1H3,(H,21,23). The minimum atomic E-state index is -4.89. The van der Waals surface area contributed by atoms with Crippen molar-refractivity contribution in [2.24, 2.45) is 5.92 Å². The van der Waals surface area contributed by atoms with Crippen molar-refractivity contribution in [3.8, 4) is 0 Å². The molecule has 1 unspecified atom stereocenters. The summed E-state index contributed by atoms with van der Waals surface area (Å²) in [5.41, 5.74) is 1.02. The number of halogens is 3. The Hall–Kier alpha value is -2.09. The van der Waals surface area contributed by atoms with Gasteiger partial charge in [-0.05, 0) is 37.1 Å². The first-order valence-electron chi connectivity index (χ1n) is 7.70. The fraction of sp³-hybridized carbons (Fsp3) is 0.500. The number of nitrogens with zero attached hydrogens (tertiary/aromatic N) is 1. The molecular weight excluding hydrogens is 323 g/mol. The smallest absolute Gasteiger partial charge is 0.334 e. The van der Waals surface area contributed by atoms with E-state index < -0.39 is 12.1 Å². The second kappa shape index (κ2) is 7.65. The lowest BCUT2D eigenvalue weighted by atomic mass is 9.99. The van der Waals surface area contributed by atoms with Crippen LogP contribution in [0, 0.1) is 5.92 Å². The zero-order chi connectivity index (χ0) is 17.7. The first-order chi connectivity index (χ1) is 11.3. The van der Waals surface area contributed by atoms with Crippen LogP contribution in [0.5, 0.6) is 0 Å². The Kier molecular flexibility index (Phi) is 5.82. The summed E-state index contributed by atoms with van der Waals surface area (Å²) in [6, 6.07) is 6.49. The van der Waals surface area contributed by atoms with E-state index in [0.717, 1.165) is 26.4 Å². The van der Waals surface area contributed by atoms with E-state index in [-0.39, 0.29) is 18.4 Å². The molecular formula is C16H20F3N3O2. The Morgan fingerprint density at radius 2 is 2.12 bits per heavy atom. The van der Waals surface area contributed by atoms with Crippen molar-refractivity contribution in [1.29, 1.82) is 0 Å². The zero-order valence-electron chi connectivity index (χ0n) is 13.3. The number of alkyl halides is 3. The molecule has 1 atom stereocenters. The summed E-state index contributed by atoms with van der Waals surface area (Å²) in [4.78, 5) is 23.9. The van der Waals surface area contributed by atoms with Crippen molar-refractivity contribution >= 4 is 17.5 Å². The molecule has 0 spiro atoms. The number of hydrogen-bond acceptors (Lipinski definition) is 3. The molecule has 1 aromatic rings. The molecule has 1 saturated heterocycles. The molecule has 5 nitrogen and oxygen atoms in total. The highest BCUT2D eigenvalue weighted by atomic mass is 19.4. The number of carbonyl (C=O) groups is 2. The molecule has 8 heteroatoms. The Bertz CT molecular complexity index is 598. The third-order valence-corrected chi connectivity index (χ3v) is 3.87. The van der Waals surface area contributed by atoms with Gasteiger partial charge in [-0.2, -0.15) is 13.2 Å². The molecule has 0 radical (unpaired) electrons. The van der Waals surface area contributed by atoms with Gasteiger partial charge in [0.05, 0.1) is 5.92 Å². The summed E-state index contributed by atoms with van der Waals surface area (Å²) in [6.07, 6.45) is -3.15. The maximum Gasteiger partial charge on any atom is 0.471 e. The van der Waals surface area contributed by atoms with Crippen LogP contribution in [0.1, 0.15) is 18.4 Å². The van der Waals surface area contributed by atoms with Crippen LogP contribution in [-0.4, -0.2) is 43.0 Å². The van der Waals surface area contributed by atoms with Crippen molar-refractivity contribution in [1.82, 2.24) is 10.2 Å². The van der Waals surface area contributed by atoms with Gasteiger partial charge in [0.2, 0.25) is 5.91 Å². The number of benzene rings is 1. The Labute approximate surface area is 138 Å². The zero-order valence-corrected chi connectivity index (χ0v) is 13.3. The van der Waals surface area contributed by atoms with E-state index in [9.17, 15) is 22.8 Å². The molecule has 0 saturated carbocycles. The SMILES string of the molecule is CN(Cc1cccc(NC(=O)C2CCCNC2)c1)C(=O)C(F)(F)F. The summed E-state index contributed by atoms with van der Waals surface area (Å²) in [7, 11) is 1.09. The van der Waals surface area contributed by atoms with E-state index in [2.05, 4.69) is 10.6 Å². The second-order valence-electron chi connectivity index (χ2n) is 5.89. The quantitative estimate of drug-likeness (QED) is 0.881. The predicted molar refractivity (Wildman–Crippen MR) is 83.2 cm³/mol. The molecule has 1 aliphatic heterocycles. The van der Waals surface area contributed by atoms with Crippen LogP contribution in [0.2, 0.25) is 0 Å². The first kappa shape index (κ1) is 18.3. The van der Waals surface area contributed by atoms with Crippen molar-refractivity contribution < 1.29 is 22.8 Å². The van der Waals surface area contributed by atoms with E-state index in [1.807, 2.05) is 0 Å². The third kappa shape index (κ3) is 4.95. The number of carbonyl (C=O) groups excluding carboxylic acids is 2. The van der Waals surface area contributed by atoms with Crippen molar-refractivity contribution in [2.75, 3.05) is 25.5 Å². The average molecular weight is 343 g/mol. The van der Waals surface area contributed by atoms with Gasteiger partial charge in [0.25, 0.3) is 0 Å². The van der Waals surface area contributed by atoms with Crippen LogP contribution in [0.3, 0.4) is 0 Å². The number of amides is 2. The van der Waals surface area contributed by atoms with Crippen molar-refractivity contribution in [2.45, 2.75) is 25.6 Å². The number of rotatable bonds is 4. The third-order valence-electron chi connectivity index (χ3n) is 3.87. The van der Waals surface area contributed by atoms with E-state index >= 15 is 0 Å². The largest absolute Gasteiger partial charge is 0.471 e. The molecule has 2 N–H and O–H groups in total. The maximum absolute atomic E-state index is 12.4. The van der Waals surface area contributed by atoms with Gasteiger partial charge in [0.15, 0.2) is 0 Å². The summed E-state index contributed by atoms with van der Waals surface area (Å²) in [5, 5.41) is 5.93. The van der Waals surface area contributed by atoms with Gasteiger partial charge >= 0.3 is 12.1 Å². The molecule has 0 aliphatic carbocycles. The number of anilines is 1. The first-order valence-corrected chi connectivity index (χ1v) is 7.70. The molecule has 2 rings (SSSR count). The average Bonchev–Trinajstić information content (AvgIpc) is 2.54. The van der Waals surface area contributed by atoms with Gasteiger partial charge in [-0.1, -0.05) is 12.1 Å². The highest BCUT2D eigenvalue weighted by molar-refractivity contribution is 5.92. The lowest BCUT2D eigenvalue weighted by Crippen LogP contribution is -2.38. The normalized spacial score (nSPS) is 18.1. The van der Waals surface area contributed by atoms with Crippen LogP contribution >= 0.6 is 0 Å². The lowest BCUT2D eigenvalue weighted by Gasteiger charge is -2.22. The predicted octanol–water partition coefficient (Wildman–Crippen LogP) is 2.15. The van der Waals surface area contributed by atoms with Gasteiger partial charge < -0.3 is 15.5 Å². The fourth-order valence-electron chi connectivity index (χ4n) is 2.63. The highest BCUT2D eigenvalue weighted by Crippen LogP contribution is 2.20. The van der Waals surface area contributed by atoms with E-state index in [1.54, 1.807) is 24.3 Å². The van der Waals surface area contributed by atoms with Crippen LogP contribution in [-0.2, 0) is 16.1 Å². The van der Waals surface area contributed by atoms with Crippen LogP contribution in [0.25, 0.3) is 0 Å². The molecule has 24 heavy (non-hydrogen) atoms. The highest BCUT2D eigenvalue weighted by Gasteiger charge is 2.41. The van der Waals surface area contributed by atoms with Gasteiger partial charge in [-0.3, -0.25) is 9.59 Å². The van der Waals surface area contributed by atoms with Crippen molar-refractivity contribution in [3.63, 3.8) is 0 Å². The van der Waals surface area contributed by atoms with Crippen LogP contribution < -0.4 is 10.6 Å². The monoisotopic (exact) mass is 343 g/mol. The lowest BCUT2D eigenvalue weighted by molar-refractivity contribution is -0.184. The molecule has 1 aromatic carbocycles. The maximum atomic E-state index is 12.4. The number of nitrogens with one attached hydrogen (secondary N) is 2. The Balaban J connectivity index is 1.98. The molecule has 1 heterocycles. The summed E-state index contributed by atoms with van der Waals surface area (Å²) < 4.78 is 37.2. The molecule has 2 amide bonds. The number of piperidine rings is 1. The van der Waals surface area contributed by atoms with E-state index in [0.29, 0.717) is 22.7 Å². The van der Waals surface area contributed by atoms with Crippen molar-refractivity contribution in [3.05, 3.63) is 29.8 Å². The second-order valence-corrected chi connectivity index (χ2v) is 5.89. The molecule has 1 fully saturated rings. The van der Waals surface area contributed by atoms with Gasteiger partial charge in [0, 0.05) is 25.8 Å². The summed E-state index contributed by atoms with van der Waals surface area (Å²) >= 11 is 0. The number of hydrogen-bond donors (Lipinski definition) is 2. The van der Waals surface area contributed by atoms with Crippen LogP contribution in [0.15, 0.2) is 24.3 Å². The molecule has 0 bridgehead atoms. The Morgan fingerprint density at radius 3 is 2.75 bits per heavy atom. The van der Waals surface area contributed by atoms with Gasteiger partial charge in [-0.15, -0.1) is 0 Å². The molecule has 0 aromatic heterocycles. The van der Waals surface area contributed by atoms with Gasteiger partial charge in [0.1, 0.15) is 0 Å². The minimum Gasteiger partial charge on any atom is -0.334 e. The van der Waals surface area contributed by atoms with E-state index in [1.165, 1.54) is 0 Å².